The van der Waals surface area contributed by atoms with Gasteiger partial charge in [0.1, 0.15) is 0 Å². The molecule has 7 heteroatoms. The van der Waals surface area contributed by atoms with Crippen LogP contribution in [0.5, 0.6) is 0 Å². The van der Waals surface area contributed by atoms with Gasteiger partial charge in [-0.2, -0.15) is 5.10 Å². The third-order valence-electron chi connectivity index (χ3n) is 4.37. The van der Waals surface area contributed by atoms with Gasteiger partial charge in [-0.05, 0) is 53.5 Å². The molecule has 0 aliphatic carbocycles. The summed E-state index contributed by atoms with van der Waals surface area (Å²) in [4.78, 5) is 16.5. The van der Waals surface area contributed by atoms with Crippen molar-refractivity contribution in [1.82, 2.24) is 25.7 Å². The second kappa shape index (κ2) is 8.87. The predicted molar refractivity (Wildman–Crippen MR) is 103 cm³/mol. The van der Waals surface area contributed by atoms with Gasteiger partial charge in [-0.25, -0.2) is 0 Å². The average molecular weight is 351 g/mol. The second-order valence-corrected chi connectivity index (χ2v) is 7.18. The monoisotopic (exact) mass is 350 g/mol. The van der Waals surface area contributed by atoms with Crippen molar-refractivity contribution < 1.29 is 4.79 Å². The Bertz CT molecular complexity index is 617. The first kappa shape index (κ1) is 21.0. The summed E-state index contributed by atoms with van der Waals surface area (Å²) in [6.07, 6.45) is 0.870. The van der Waals surface area contributed by atoms with E-state index in [0.717, 1.165) is 24.6 Å². The van der Waals surface area contributed by atoms with Crippen LogP contribution >= 0.6 is 0 Å². The third-order valence-corrected chi connectivity index (χ3v) is 4.37. The summed E-state index contributed by atoms with van der Waals surface area (Å²) in [5, 5.41) is 13.8. The van der Waals surface area contributed by atoms with Crippen LogP contribution in [0, 0.1) is 19.3 Å². The van der Waals surface area contributed by atoms with Crippen molar-refractivity contribution in [3.63, 3.8) is 0 Å². The minimum atomic E-state index is -0.545. The maximum Gasteiger partial charge on any atom is 0.227 e. The van der Waals surface area contributed by atoms with E-state index in [9.17, 15) is 4.79 Å². The van der Waals surface area contributed by atoms with E-state index in [-0.39, 0.29) is 11.9 Å². The van der Waals surface area contributed by atoms with E-state index in [2.05, 4.69) is 39.9 Å². The van der Waals surface area contributed by atoms with Gasteiger partial charge in [-0.1, -0.05) is 0 Å². The Morgan fingerprint density at radius 3 is 2.48 bits per heavy atom. The largest absolute Gasteiger partial charge is 0.359 e. The van der Waals surface area contributed by atoms with E-state index in [1.54, 1.807) is 7.05 Å². The van der Waals surface area contributed by atoms with Crippen LogP contribution < -0.4 is 16.0 Å². The van der Waals surface area contributed by atoms with Crippen LogP contribution in [0.2, 0.25) is 0 Å². The van der Waals surface area contributed by atoms with Crippen molar-refractivity contribution in [3.8, 4) is 0 Å². The highest BCUT2D eigenvalue weighted by Gasteiger charge is 2.26. The van der Waals surface area contributed by atoms with Crippen LogP contribution in [0.3, 0.4) is 0 Å². The molecule has 0 aliphatic rings. The van der Waals surface area contributed by atoms with Gasteiger partial charge in [0.2, 0.25) is 5.91 Å². The van der Waals surface area contributed by atoms with Gasteiger partial charge < -0.3 is 16.0 Å². The highest BCUT2D eigenvalue weighted by atomic mass is 16.2. The Hall–Kier alpha value is -2.05. The van der Waals surface area contributed by atoms with Crippen LogP contribution in [-0.2, 0) is 18.3 Å². The van der Waals surface area contributed by atoms with Crippen LogP contribution in [0.25, 0.3) is 0 Å². The molecule has 0 aromatic carbocycles. The Morgan fingerprint density at radius 1 is 1.36 bits per heavy atom. The lowest BCUT2D eigenvalue weighted by atomic mass is 9.93. The van der Waals surface area contributed by atoms with Gasteiger partial charge in [0.15, 0.2) is 5.96 Å². The number of amides is 1. The molecule has 0 saturated carbocycles. The topological polar surface area (TPSA) is 83.3 Å². The molecule has 0 spiro atoms. The number of nitrogens with one attached hydrogen (secondary N) is 3. The minimum Gasteiger partial charge on any atom is -0.359 e. The lowest BCUT2D eigenvalue weighted by Gasteiger charge is -2.22. The molecule has 0 aliphatic heterocycles. The molecule has 0 bridgehead atoms. The lowest BCUT2D eigenvalue weighted by Crippen LogP contribution is -2.44. The molecule has 1 aromatic rings. The molecule has 1 unspecified atom stereocenters. The number of hydrogen-bond donors (Lipinski definition) is 3. The first-order valence-electron chi connectivity index (χ1n) is 8.88. The highest BCUT2D eigenvalue weighted by Crippen LogP contribution is 2.16. The summed E-state index contributed by atoms with van der Waals surface area (Å²) in [6, 6.07) is 0.197. The van der Waals surface area contributed by atoms with Crippen molar-refractivity contribution in [1.29, 1.82) is 0 Å². The minimum absolute atomic E-state index is 0.0123. The van der Waals surface area contributed by atoms with E-state index < -0.39 is 5.41 Å². The fraction of sp³-hybridized carbons (Fsp3) is 0.722. The summed E-state index contributed by atoms with van der Waals surface area (Å²) in [7, 11) is 3.62. The molecule has 142 valence electrons. The number of carbonyl (C=O) groups is 1. The summed E-state index contributed by atoms with van der Waals surface area (Å²) in [5.74, 6) is 0.716. The number of hydrogen-bond acceptors (Lipinski definition) is 3. The molecule has 1 atom stereocenters. The number of nitrogens with zero attached hydrogens (tertiary/aromatic N) is 3. The Morgan fingerprint density at radius 2 is 2.00 bits per heavy atom. The molecule has 1 heterocycles. The number of aryl methyl sites for hydroxylation is 2. The molecule has 1 amide bonds. The van der Waals surface area contributed by atoms with Gasteiger partial charge in [-0.3, -0.25) is 14.5 Å². The van der Waals surface area contributed by atoms with Gasteiger partial charge in [0, 0.05) is 32.4 Å². The molecule has 25 heavy (non-hydrogen) atoms. The summed E-state index contributed by atoms with van der Waals surface area (Å²) in [5.41, 5.74) is 2.98. The van der Waals surface area contributed by atoms with E-state index in [1.807, 2.05) is 39.4 Å². The van der Waals surface area contributed by atoms with Gasteiger partial charge in [0.05, 0.1) is 17.7 Å². The smallest absolute Gasteiger partial charge is 0.227 e. The molecular formula is C18H34N6O. The summed E-state index contributed by atoms with van der Waals surface area (Å²) < 4.78 is 1.92. The number of carbonyl (C=O) groups excluding carboxylic acids is 1. The average Bonchev–Trinajstić information content (AvgIpc) is 2.78. The molecule has 0 saturated heterocycles. The van der Waals surface area contributed by atoms with E-state index in [0.29, 0.717) is 6.54 Å². The van der Waals surface area contributed by atoms with Gasteiger partial charge >= 0.3 is 0 Å². The van der Waals surface area contributed by atoms with Crippen molar-refractivity contribution >= 4 is 11.9 Å². The maximum atomic E-state index is 11.9. The van der Waals surface area contributed by atoms with Crippen LogP contribution in [0.4, 0.5) is 0 Å². The molecule has 1 rings (SSSR count). The Balaban J connectivity index is 2.79. The van der Waals surface area contributed by atoms with Crippen LogP contribution in [-0.4, -0.2) is 47.8 Å². The van der Waals surface area contributed by atoms with Crippen LogP contribution in [0.1, 0.15) is 44.6 Å². The lowest BCUT2D eigenvalue weighted by molar-refractivity contribution is -0.128. The normalized spacial score (nSPS) is 13.5. The fourth-order valence-electron chi connectivity index (χ4n) is 2.71. The number of aromatic nitrogens is 2. The van der Waals surface area contributed by atoms with Gasteiger partial charge in [-0.15, -0.1) is 0 Å². The van der Waals surface area contributed by atoms with E-state index in [4.69, 9.17) is 0 Å². The zero-order chi connectivity index (χ0) is 19.2. The molecule has 0 fully saturated rings. The zero-order valence-corrected chi connectivity index (χ0v) is 16.9. The van der Waals surface area contributed by atoms with E-state index in [1.165, 1.54) is 11.3 Å². The highest BCUT2D eigenvalue weighted by molar-refractivity contribution is 5.83. The number of aliphatic imine (C=N–C) groups is 1. The molecule has 0 radical (unpaired) electrons. The fourth-order valence-corrected chi connectivity index (χ4v) is 2.71. The molecule has 1 aromatic heterocycles. The number of rotatable bonds is 7. The SMILES string of the molecule is CCNC(=NCC(C)(C)C(=O)NC)NC(C)Cc1c(C)nn(C)c1C. The molecular weight excluding hydrogens is 316 g/mol. The van der Waals surface area contributed by atoms with Crippen molar-refractivity contribution in [2.24, 2.45) is 17.5 Å². The van der Waals surface area contributed by atoms with Crippen molar-refractivity contribution in [2.45, 2.75) is 54.0 Å². The second-order valence-electron chi connectivity index (χ2n) is 7.18. The Labute approximate surface area is 151 Å². The van der Waals surface area contributed by atoms with Crippen molar-refractivity contribution in [2.75, 3.05) is 20.1 Å². The van der Waals surface area contributed by atoms with Gasteiger partial charge in [0.25, 0.3) is 0 Å². The summed E-state index contributed by atoms with van der Waals surface area (Å²) in [6.45, 7) is 13.3. The quantitative estimate of drug-likeness (QED) is 0.511. The Kier molecular flexibility index (Phi) is 7.45. The molecule has 7 nitrogen and oxygen atoms in total. The third kappa shape index (κ3) is 5.76. The maximum absolute atomic E-state index is 11.9. The first-order valence-corrected chi connectivity index (χ1v) is 8.88. The zero-order valence-electron chi connectivity index (χ0n) is 16.9. The van der Waals surface area contributed by atoms with Crippen molar-refractivity contribution in [3.05, 3.63) is 17.0 Å². The first-order chi connectivity index (χ1) is 11.6. The molecule has 3 N–H and O–H groups in total. The van der Waals surface area contributed by atoms with Crippen LogP contribution in [0.15, 0.2) is 4.99 Å². The summed E-state index contributed by atoms with van der Waals surface area (Å²) >= 11 is 0. The van der Waals surface area contributed by atoms with E-state index >= 15 is 0 Å². The standard InChI is InChI=1S/C18H34N6O/c1-9-20-17(21-11-18(5,6)16(25)19-7)22-12(2)10-15-13(3)23-24(8)14(15)4/h12H,9-11H2,1-8H3,(H,19,25)(H2,20,21,22). The number of guanidine groups is 1. The predicted octanol–water partition coefficient (Wildman–Crippen LogP) is 1.30.